The highest BCUT2D eigenvalue weighted by Crippen LogP contribution is 2.42. The molecule has 0 spiro atoms. The Morgan fingerprint density at radius 2 is 2.00 bits per heavy atom. The van der Waals surface area contributed by atoms with E-state index in [1.54, 1.807) is 6.07 Å². The zero-order chi connectivity index (χ0) is 12.6. The van der Waals surface area contributed by atoms with Crippen LogP contribution in [0.4, 0.5) is 5.69 Å². The number of hydrogen-bond acceptors (Lipinski definition) is 4. The van der Waals surface area contributed by atoms with Crippen molar-refractivity contribution in [3.05, 3.63) is 32.3 Å². The molecular formula is C11H13BrN2O3. The largest absolute Gasteiger partial charge is 0.501 e. The van der Waals surface area contributed by atoms with E-state index in [4.69, 9.17) is 5.73 Å². The predicted molar refractivity (Wildman–Crippen MR) is 66.8 cm³/mol. The van der Waals surface area contributed by atoms with Crippen LogP contribution < -0.4 is 5.73 Å². The molecule has 1 fully saturated rings. The maximum atomic E-state index is 10.8. The summed E-state index contributed by atoms with van der Waals surface area (Å²) in [5.74, 6) is -0.347. The van der Waals surface area contributed by atoms with E-state index in [1.165, 1.54) is 6.07 Å². The standard InChI is InChI=1S/C11H13BrN2O3/c12-8-5-7(11(13)3-1-2-4-11)6-9(10(8)15)14(16)17/h5-6,15H,1-4,13H2. The van der Waals surface area contributed by atoms with Gasteiger partial charge in [0.25, 0.3) is 0 Å². The molecule has 17 heavy (non-hydrogen) atoms. The summed E-state index contributed by atoms with van der Waals surface area (Å²) in [5.41, 5.74) is 6.16. The van der Waals surface area contributed by atoms with Gasteiger partial charge in [0.2, 0.25) is 5.75 Å². The van der Waals surface area contributed by atoms with Gasteiger partial charge in [-0.15, -0.1) is 0 Å². The molecule has 6 heteroatoms. The van der Waals surface area contributed by atoms with E-state index in [9.17, 15) is 15.2 Å². The summed E-state index contributed by atoms with van der Waals surface area (Å²) in [6.07, 6.45) is 3.70. The number of halogens is 1. The second kappa shape index (κ2) is 4.27. The first-order chi connectivity index (χ1) is 7.94. The van der Waals surface area contributed by atoms with E-state index in [0.29, 0.717) is 10.0 Å². The van der Waals surface area contributed by atoms with Crippen molar-refractivity contribution in [2.75, 3.05) is 0 Å². The second-order valence-electron chi connectivity index (χ2n) is 4.45. The number of phenols is 1. The molecule has 0 atom stereocenters. The molecule has 0 unspecified atom stereocenters. The number of benzene rings is 1. The van der Waals surface area contributed by atoms with Crippen LogP contribution in [-0.4, -0.2) is 10.0 Å². The smallest absolute Gasteiger partial charge is 0.312 e. The molecule has 0 bridgehead atoms. The highest BCUT2D eigenvalue weighted by molar-refractivity contribution is 9.10. The number of aromatic hydroxyl groups is 1. The Morgan fingerprint density at radius 3 is 2.53 bits per heavy atom. The van der Waals surface area contributed by atoms with Gasteiger partial charge in [-0.05, 0) is 40.4 Å². The van der Waals surface area contributed by atoms with E-state index in [2.05, 4.69) is 15.9 Å². The summed E-state index contributed by atoms with van der Waals surface area (Å²) >= 11 is 3.13. The molecule has 1 saturated carbocycles. The van der Waals surface area contributed by atoms with E-state index in [1.807, 2.05) is 0 Å². The molecule has 0 radical (unpaired) electrons. The Kier molecular flexibility index (Phi) is 3.09. The zero-order valence-corrected chi connectivity index (χ0v) is 10.7. The summed E-state index contributed by atoms with van der Waals surface area (Å²) in [7, 11) is 0. The van der Waals surface area contributed by atoms with Crippen LogP contribution >= 0.6 is 15.9 Å². The Morgan fingerprint density at radius 1 is 1.41 bits per heavy atom. The van der Waals surface area contributed by atoms with Crippen molar-refractivity contribution in [3.63, 3.8) is 0 Å². The first kappa shape index (κ1) is 12.3. The summed E-state index contributed by atoms with van der Waals surface area (Å²) in [5, 5.41) is 20.4. The number of nitrogens with two attached hydrogens (primary N) is 1. The van der Waals surface area contributed by atoms with Crippen LogP contribution in [-0.2, 0) is 5.54 Å². The van der Waals surface area contributed by atoms with Crippen molar-refractivity contribution < 1.29 is 10.0 Å². The number of nitro groups is 1. The van der Waals surface area contributed by atoms with Gasteiger partial charge in [0.15, 0.2) is 0 Å². The van der Waals surface area contributed by atoms with Gasteiger partial charge in [-0.2, -0.15) is 0 Å². The molecule has 3 N–H and O–H groups in total. The van der Waals surface area contributed by atoms with Gasteiger partial charge in [-0.1, -0.05) is 12.8 Å². The number of nitrogens with zero attached hydrogens (tertiary/aromatic N) is 1. The first-order valence-corrected chi connectivity index (χ1v) is 6.19. The highest BCUT2D eigenvalue weighted by atomic mass is 79.9. The van der Waals surface area contributed by atoms with Crippen molar-refractivity contribution in [2.45, 2.75) is 31.2 Å². The van der Waals surface area contributed by atoms with Crippen LogP contribution in [0.2, 0.25) is 0 Å². The molecule has 1 aromatic rings. The van der Waals surface area contributed by atoms with Crippen LogP contribution in [0.1, 0.15) is 31.2 Å². The fourth-order valence-corrected chi connectivity index (χ4v) is 2.76. The van der Waals surface area contributed by atoms with Crippen molar-refractivity contribution in [1.29, 1.82) is 0 Å². The molecule has 1 aliphatic rings. The minimum atomic E-state index is -0.595. The van der Waals surface area contributed by atoms with E-state index in [0.717, 1.165) is 25.7 Å². The highest BCUT2D eigenvalue weighted by Gasteiger charge is 2.33. The Hall–Kier alpha value is -1.14. The SMILES string of the molecule is NC1(c2cc(Br)c(O)c([N+](=O)[O-])c2)CCCC1. The second-order valence-corrected chi connectivity index (χ2v) is 5.30. The quantitative estimate of drug-likeness (QED) is 0.649. The fourth-order valence-electron chi connectivity index (χ4n) is 2.31. The van der Waals surface area contributed by atoms with Crippen LogP contribution in [0, 0.1) is 10.1 Å². The Balaban J connectivity index is 2.52. The summed E-state index contributed by atoms with van der Waals surface area (Å²) in [6.45, 7) is 0. The van der Waals surface area contributed by atoms with E-state index in [-0.39, 0.29) is 11.4 Å². The lowest BCUT2D eigenvalue weighted by atomic mass is 9.89. The molecule has 1 aliphatic carbocycles. The third-order valence-corrected chi connectivity index (χ3v) is 3.92. The lowest BCUT2D eigenvalue weighted by Crippen LogP contribution is -2.33. The predicted octanol–water partition coefficient (Wildman–Crippen LogP) is 2.79. The average molecular weight is 301 g/mol. The molecule has 1 aromatic carbocycles. The van der Waals surface area contributed by atoms with Crippen molar-refractivity contribution >= 4 is 21.6 Å². The minimum Gasteiger partial charge on any atom is -0.501 e. The maximum absolute atomic E-state index is 10.8. The lowest BCUT2D eigenvalue weighted by Gasteiger charge is -2.24. The van der Waals surface area contributed by atoms with Gasteiger partial charge < -0.3 is 10.8 Å². The van der Waals surface area contributed by atoms with Crippen molar-refractivity contribution in [2.24, 2.45) is 5.73 Å². The molecule has 92 valence electrons. The molecular weight excluding hydrogens is 288 g/mol. The van der Waals surface area contributed by atoms with Crippen LogP contribution in [0.3, 0.4) is 0 Å². The van der Waals surface area contributed by atoms with E-state index >= 15 is 0 Å². The number of phenolic OH excluding ortho intramolecular Hbond substituents is 1. The van der Waals surface area contributed by atoms with Crippen LogP contribution in [0.15, 0.2) is 16.6 Å². The number of hydrogen-bond donors (Lipinski definition) is 2. The van der Waals surface area contributed by atoms with E-state index < -0.39 is 10.5 Å². The molecule has 0 heterocycles. The molecule has 2 rings (SSSR count). The number of rotatable bonds is 2. The van der Waals surface area contributed by atoms with Gasteiger partial charge in [0.05, 0.1) is 9.40 Å². The third kappa shape index (κ3) is 2.14. The number of nitro benzene ring substituents is 1. The van der Waals surface area contributed by atoms with Gasteiger partial charge in [0, 0.05) is 11.6 Å². The Bertz CT molecular complexity index is 470. The first-order valence-electron chi connectivity index (χ1n) is 5.40. The zero-order valence-electron chi connectivity index (χ0n) is 9.15. The van der Waals surface area contributed by atoms with Crippen LogP contribution in [0.25, 0.3) is 0 Å². The lowest BCUT2D eigenvalue weighted by molar-refractivity contribution is -0.386. The van der Waals surface area contributed by atoms with Gasteiger partial charge in [-0.3, -0.25) is 10.1 Å². The Labute approximate surface area is 107 Å². The molecule has 0 aromatic heterocycles. The van der Waals surface area contributed by atoms with Gasteiger partial charge in [-0.25, -0.2) is 0 Å². The van der Waals surface area contributed by atoms with Gasteiger partial charge in [0.1, 0.15) is 0 Å². The normalized spacial score (nSPS) is 18.2. The van der Waals surface area contributed by atoms with Crippen LogP contribution in [0.5, 0.6) is 5.75 Å². The summed E-state index contributed by atoms with van der Waals surface area (Å²) < 4.78 is 0.318. The average Bonchev–Trinajstić information content (AvgIpc) is 2.69. The molecule has 0 amide bonds. The van der Waals surface area contributed by atoms with Crippen molar-refractivity contribution in [3.8, 4) is 5.75 Å². The molecule has 0 saturated heterocycles. The van der Waals surface area contributed by atoms with Crippen molar-refractivity contribution in [1.82, 2.24) is 0 Å². The van der Waals surface area contributed by atoms with Gasteiger partial charge >= 0.3 is 5.69 Å². The monoisotopic (exact) mass is 300 g/mol. The maximum Gasteiger partial charge on any atom is 0.312 e. The third-order valence-electron chi connectivity index (χ3n) is 3.31. The minimum absolute atomic E-state index is 0.300. The topological polar surface area (TPSA) is 89.4 Å². The summed E-state index contributed by atoms with van der Waals surface area (Å²) in [4.78, 5) is 10.2. The fraction of sp³-hybridized carbons (Fsp3) is 0.455. The molecule has 5 nitrogen and oxygen atoms in total. The molecule has 0 aliphatic heterocycles. The summed E-state index contributed by atoms with van der Waals surface area (Å²) in [6, 6.07) is 3.05.